The number of nitrogens with zero attached hydrogens (tertiary/aromatic N) is 2. The van der Waals surface area contributed by atoms with Gasteiger partial charge in [0.05, 0.1) is 12.8 Å². The Morgan fingerprint density at radius 3 is 2.58 bits per heavy atom. The maximum absolute atomic E-state index is 12.3. The number of fused-ring (bicyclic) bond motifs is 1. The van der Waals surface area contributed by atoms with Gasteiger partial charge in [-0.25, -0.2) is 0 Å². The minimum atomic E-state index is -0.150. The highest BCUT2D eigenvalue weighted by atomic mass is 16.5. The molecule has 2 saturated heterocycles. The summed E-state index contributed by atoms with van der Waals surface area (Å²) in [7, 11) is 1.72. The summed E-state index contributed by atoms with van der Waals surface area (Å²) in [4.78, 5) is 16.8. The van der Waals surface area contributed by atoms with E-state index in [9.17, 15) is 4.79 Å². The predicted molar refractivity (Wildman–Crippen MR) is 103 cm³/mol. The summed E-state index contributed by atoms with van der Waals surface area (Å²) in [6, 6.07) is 16.7. The number of hydrogen-bond donors (Lipinski definition) is 0. The average Bonchev–Trinajstić information content (AvgIpc) is 2.98. The monoisotopic (exact) mass is 350 g/mol. The number of methoxy groups -OCH3 is 1. The smallest absolute Gasteiger partial charge is 0.224 e. The third-order valence-electron chi connectivity index (χ3n) is 5.96. The van der Waals surface area contributed by atoms with E-state index in [0.717, 1.165) is 43.8 Å². The minimum absolute atomic E-state index is 0.150. The lowest BCUT2D eigenvalue weighted by molar-refractivity contribution is -0.141. The van der Waals surface area contributed by atoms with Gasteiger partial charge in [-0.1, -0.05) is 42.5 Å². The fraction of sp³-hybridized carbons (Fsp3) is 0.409. The molecule has 0 unspecified atom stereocenters. The third kappa shape index (κ3) is 2.78. The number of hydrogen-bond acceptors (Lipinski definition) is 3. The van der Waals surface area contributed by atoms with Crippen LogP contribution in [0.1, 0.15) is 31.7 Å². The van der Waals surface area contributed by atoms with Crippen LogP contribution in [0.4, 0.5) is 0 Å². The molecule has 0 aliphatic carbocycles. The Balaban J connectivity index is 1.68. The van der Waals surface area contributed by atoms with Gasteiger partial charge in [-0.3, -0.25) is 9.69 Å². The molecule has 1 amide bonds. The standard InChI is InChI=1S/C22H26N2O2/c1-22-13-12-21(25)24(22)15-7-14-23(22)16-17-8-3-4-9-18(17)19-10-5-6-11-20(19)26-2/h3-6,8-11H,7,12-16H2,1-2H3/t22-/m0/s1. The summed E-state index contributed by atoms with van der Waals surface area (Å²) in [5, 5.41) is 0. The zero-order chi connectivity index (χ0) is 18.1. The lowest BCUT2D eigenvalue weighted by atomic mass is 9.96. The number of carbonyl (C=O) groups is 1. The topological polar surface area (TPSA) is 32.8 Å². The number of para-hydroxylation sites is 1. The molecule has 2 aliphatic heterocycles. The molecule has 4 nitrogen and oxygen atoms in total. The summed E-state index contributed by atoms with van der Waals surface area (Å²) in [5.74, 6) is 1.19. The summed E-state index contributed by atoms with van der Waals surface area (Å²) in [6.45, 7) is 4.98. The molecular formula is C22H26N2O2. The molecule has 2 aromatic rings. The lowest BCUT2D eigenvalue weighted by Gasteiger charge is -2.48. The van der Waals surface area contributed by atoms with Crippen LogP contribution in [-0.2, 0) is 11.3 Å². The van der Waals surface area contributed by atoms with Crippen molar-refractivity contribution in [2.45, 2.75) is 38.4 Å². The van der Waals surface area contributed by atoms with Gasteiger partial charge in [-0.15, -0.1) is 0 Å². The first-order valence-electron chi connectivity index (χ1n) is 9.40. The fourth-order valence-electron chi connectivity index (χ4n) is 4.48. The van der Waals surface area contributed by atoms with Crippen LogP contribution in [0, 0.1) is 0 Å². The molecule has 26 heavy (non-hydrogen) atoms. The SMILES string of the molecule is COc1ccccc1-c1ccccc1CN1CCCN2C(=O)CC[C@@]12C. The van der Waals surface area contributed by atoms with Crippen molar-refractivity contribution in [2.24, 2.45) is 0 Å². The predicted octanol–water partition coefficient (Wildman–Crippen LogP) is 3.91. The van der Waals surface area contributed by atoms with Crippen molar-refractivity contribution in [2.75, 3.05) is 20.2 Å². The number of rotatable bonds is 4. The van der Waals surface area contributed by atoms with E-state index in [1.165, 1.54) is 11.1 Å². The molecule has 0 N–H and O–H groups in total. The zero-order valence-corrected chi connectivity index (χ0v) is 15.6. The first-order valence-corrected chi connectivity index (χ1v) is 9.40. The quantitative estimate of drug-likeness (QED) is 0.838. The van der Waals surface area contributed by atoms with Gasteiger partial charge in [0.25, 0.3) is 0 Å². The van der Waals surface area contributed by atoms with Gasteiger partial charge in [0.15, 0.2) is 0 Å². The Labute approximate surface area is 155 Å². The van der Waals surface area contributed by atoms with E-state index >= 15 is 0 Å². The molecule has 2 aromatic carbocycles. The van der Waals surface area contributed by atoms with Crippen LogP contribution in [0.25, 0.3) is 11.1 Å². The minimum Gasteiger partial charge on any atom is -0.496 e. The molecule has 2 heterocycles. The van der Waals surface area contributed by atoms with Crippen LogP contribution >= 0.6 is 0 Å². The normalized spacial score (nSPS) is 23.2. The zero-order valence-electron chi connectivity index (χ0n) is 15.6. The molecule has 2 aliphatic rings. The molecule has 2 fully saturated rings. The lowest BCUT2D eigenvalue weighted by Crippen LogP contribution is -2.60. The number of ether oxygens (including phenoxy) is 1. The Morgan fingerprint density at radius 1 is 1.04 bits per heavy atom. The van der Waals surface area contributed by atoms with Crippen LogP contribution in [0.5, 0.6) is 5.75 Å². The molecule has 1 atom stereocenters. The van der Waals surface area contributed by atoms with Crippen LogP contribution in [0.15, 0.2) is 48.5 Å². The van der Waals surface area contributed by atoms with Crippen molar-refractivity contribution in [3.8, 4) is 16.9 Å². The molecule has 0 radical (unpaired) electrons. The molecule has 0 spiro atoms. The molecule has 0 bridgehead atoms. The molecule has 0 saturated carbocycles. The van der Waals surface area contributed by atoms with Crippen LogP contribution < -0.4 is 4.74 Å². The highest BCUT2D eigenvalue weighted by Crippen LogP contribution is 2.39. The molecule has 4 heteroatoms. The largest absolute Gasteiger partial charge is 0.496 e. The van der Waals surface area contributed by atoms with Crippen molar-refractivity contribution in [3.63, 3.8) is 0 Å². The van der Waals surface area contributed by atoms with E-state index in [2.05, 4.69) is 47.1 Å². The number of amides is 1. The maximum atomic E-state index is 12.3. The summed E-state index contributed by atoms with van der Waals surface area (Å²) < 4.78 is 5.58. The molecule has 0 aromatic heterocycles. The van der Waals surface area contributed by atoms with E-state index < -0.39 is 0 Å². The number of carbonyl (C=O) groups excluding carboxylic acids is 1. The van der Waals surface area contributed by atoms with Gasteiger partial charge in [-0.05, 0) is 37.0 Å². The van der Waals surface area contributed by atoms with Crippen molar-refractivity contribution in [1.29, 1.82) is 0 Å². The van der Waals surface area contributed by atoms with E-state index in [4.69, 9.17) is 4.74 Å². The summed E-state index contributed by atoms with van der Waals surface area (Å²) >= 11 is 0. The first-order chi connectivity index (χ1) is 12.6. The summed E-state index contributed by atoms with van der Waals surface area (Å²) in [6.07, 6.45) is 2.63. The Morgan fingerprint density at radius 2 is 1.77 bits per heavy atom. The van der Waals surface area contributed by atoms with Gasteiger partial charge in [0.1, 0.15) is 5.75 Å². The van der Waals surface area contributed by atoms with Gasteiger partial charge >= 0.3 is 0 Å². The van der Waals surface area contributed by atoms with Crippen LogP contribution in [-0.4, -0.2) is 41.6 Å². The number of benzene rings is 2. The third-order valence-corrected chi connectivity index (χ3v) is 5.96. The maximum Gasteiger partial charge on any atom is 0.224 e. The highest BCUT2D eigenvalue weighted by molar-refractivity contribution is 5.79. The van der Waals surface area contributed by atoms with E-state index in [1.807, 2.05) is 18.2 Å². The fourth-order valence-corrected chi connectivity index (χ4v) is 4.48. The van der Waals surface area contributed by atoms with Crippen molar-refractivity contribution in [1.82, 2.24) is 9.80 Å². The van der Waals surface area contributed by atoms with E-state index in [0.29, 0.717) is 12.3 Å². The van der Waals surface area contributed by atoms with Gasteiger partial charge in [0.2, 0.25) is 5.91 Å². The van der Waals surface area contributed by atoms with Crippen molar-refractivity contribution >= 4 is 5.91 Å². The molecule has 136 valence electrons. The Hall–Kier alpha value is -2.33. The van der Waals surface area contributed by atoms with E-state index in [1.54, 1.807) is 7.11 Å². The van der Waals surface area contributed by atoms with Gasteiger partial charge in [0, 0.05) is 31.6 Å². The average molecular weight is 350 g/mol. The van der Waals surface area contributed by atoms with Crippen LogP contribution in [0.3, 0.4) is 0 Å². The van der Waals surface area contributed by atoms with E-state index in [-0.39, 0.29) is 5.66 Å². The highest BCUT2D eigenvalue weighted by Gasteiger charge is 2.47. The van der Waals surface area contributed by atoms with Gasteiger partial charge in [-0.2, -0.15) is 0 Å². The van der Waals surface area contributed by atoms with Gasteiger partial charge < -0.3 is 9.64 Å². The van der Waals surface area contributed by atoms with Crippen LogP contribution in [0.2, 0.25) is 0 Å². The van der Waals surface area contributed by atoms with Crippen molar-refractivity contribution < 1.29 is 9.53 Å². The molecular weight excluding hydrogens is 324 g/mol. The Kier molecular flexibility index (Phi) is 4.45. The molecule has 4 rings (SSSR count). The first kappa shape index (κ1) is 17.1. The second-order valence-corrected chi connectivity index (χ2v) is 7.39. The van der Waals surface area contributed by atoms with Crippen molar-refractivity contribution in [3.05, 3.63) is 54.1 Å². The second-order valence-electron chi connectivity index (χ2n) is 7.39. The Bertz CT molecular complexity index is 819. The summed E-state index contributed by atoms with van der Waals surface area (Å²) in [5.41, 5.74) is 3.45. The second kappa shape index (κ2) is 6.76.